The molecule has 0 aromatic heterocycles. The Balaban J connectivity index is 1.72. The Labute approximate surface area is 130 Å². The number of ether oxygens (including phenoxy) is 1. The second-order valence-electron chi connectivity index (χ2n) is 5.38. The Morgan fingerprint density at radius 1 is 1.52 bits per heavy atom. The topological polar surface area (TPSA) is 75.6 Å². The fourth-order valence-electron chi connectivity index (χ4n) is 2.22. The number of hydrogen-bond donors (Lipinski definition) is 2. The van der Waals surface area contributed by atoms with E-state index >= 15 is 0 Å². The van der Waals surface area contributed by atoms with Gasteiger partial charge < -0.3 is 15.2 Å². The molecule has 0 aliphatic carbocycles. The molecule has 1 saturated heterocycles. The lowest BCUT2D eigenvalue weighted by atomic mass is 10.2. The molecule has 0 radical (unpaired) electrons. The van der Waals surface area contributed by atoms with Gasteiger partial charge in [0.25, 0.3) is 0 Å². The SMILES string of the molecule is Cc1cc(OCC(O)CNC2CCS(=O)(=O)C2)ccc1Cl. The van der Waals surface area contributed by atoms with Crippen LogP contribution in [0.2, 0.25) is 5.02 Å². The van der Waals surface area contributed by atoms with Crippen molar-refractivity contribution in [3.63, 3.8) is 0 Å². The molecule has 118 valence electrons. The van der Waals surface area contributed by atoms with E-state index in [1.807, 2.05) is 13.0 Å². The number of rotatable bonds is 6. The zero-order chi connectivity index (χ0) is 15.5. The van der Waals surface area contributed by atoms with E-state index in [1.54, 1.807) is 12.1 Å². The Bertz CT molecular complexity index is 591. The maximum atomic E-state index is 11.3. The highest BCUT2D eigenvalue weighted by Crippen LogP contribution is 2.21. The number of benzene rings is 1. The summed E-state index contributed by atoms with van der Waals surface area (Å²) < 4.78 is 28.1. The molecule has 2 rings (SSSR count). The zero-order valence-electron chi connectivity index (χ0n) is 11.9. The number of aliphatic hydroxyl groups excluding tert-OH is 1. The summed E-state index contributed by atoms with van der Waals surface area (Å²) in [6.45, 7) is 2.34. The second kappa shape index (κ2) is 6.96. The van der Waals surface area contributed by atoms with E-state index in [-0.39, 0.29) is 24.2 Å². The summed E-state index contributed by atoms with van der Waals surface area (Å²) in [4.78, 5) is 0. The maximum absolute atomic E-state index is 11.3. The number of aryl methyl sites for hydroxylation is 1. The average molecular weight is 334 g/mol. The van der Waals surface area contributed by atoms with Crippen LogP contribution in [-0.4, -0.2) is 50.3 Å². The predicted octanol–water partition coefficient (Wildman–Crippen LogP) is 1.16. The molecule has 21 heavy (non-hydrogen) atoms. The highest BCUT2D eigenvalue weighted by atomic mass is 35.5. The van der Waals surface area contributed by atoms with E-state index in [4.69, 9.17) is 16.3 Å². The zero-order valence-corrected chi connectivity index (χ0v) is 13.5. The van der Waals surface area contributed by atoms with Gasteiger partial charge in [-0.15, -0.1) is 0 Å². The van der Waals surface area contributed by atoms with Crippen LogP contribution < -0.4 is 10.1 Å². The van der Waals surface area contributed by atoms with Gasteiger partial charge in [0.1, 0.15) is 18.5 Å². The Morgan fingerprint density at radius 3 is 2.90 bits per heavy atom. The molecule has 0 bridgehead atoms. The molecular weight excluding hydrogens is 314 g/mol. The third-order valence-corrected chi connectivity index (χ3v) is 5.64. The molecule has 1 aliphatic heterocycles. The van der Waals surface area contributed by atoms with E-state index in [0.29, 0.717) is 23.7 Å². The van der Waals surface area contributed by atoms with Gasteiger partial charge in [-0.25, -0.2) is 8.42 Å². The van der Waals surface area contributed by atoms with Gasteiger partial charge in [-0.2, -0.15) is 0 Å². The van der Waals surface area contributed by atoms with Crippen LogP contribution in [0.1, 0.15) is 12.0 Å². The summed E-state index contributed by atoms with van der Waals surface area (Å²) >= 11 is 5.92. The van der Waals surface area contributed by atoms with Gasteiger partial charge in [-0.05, 0) is 37.1 Å². The molecule has 1 fully saturated rings. The van der Waals surface area contributed by atoms with Gasteiger partial charge >= 0.3 is 0 Å². The van der Waals surface area contributed by atoms with E-state index in [9.17, 15) is 13.5 Å². The second-order valence-corrected chi connectivity index (χ2v) is 8.02. The highest BCUT2D eigenvalue weighted by Gasteiger charge is 2.27. The first kappa shape index (κ1) is 16.5. The van der Waals surface area contributed by atoms with Crippen molar-refractivity contribution >= 4 is 21.4 Å². The lowest BCUT2D eigenvalue weighted by Gasteiger charge is -2.16. The van der Waals surface area contributed by atoms with Crippen LogP contribution in [0.15, 0.2) is 18.2 Å². The van der Waals surface area contributed by atoms with E-state index < -0.39 is 15.9 Å². The minimum absolute atomic E-state index is 0.0672. The summed E-state index contributed by atoms with van der Waals surface area (Å²) in [6.07, 6.45) is -0.0870. The van der Waals surface area contributed by atoms with Crippen molar-refractivity contribution in [2.75, 3.05) is 24.7 Å². The molecule has 0 amide bonds. The number of halogens is 1. The van der Waals surface area contributed by atoms with Gasteiger partial charge in [0.2, 0.25) is 0 Å². The van der Waals surface area contributed by atoms with Crippen LogP contribution in [0, 0.1) is 6.92 Å². The fourth-order valence-corrected chi connectivity index (χ4v) is 4.04. The van der Waals surface area contributed by atoms with E-state index in [0.717, 1.165) is 5.56 Å². The quantitative estimate of drug-likeness (QED) is 0.817. The lowest BCUT2D eigenvalue weighted by Crippen LogP contribution is -2.38. The van der Waals surface area contributed by atoms with Gasteiger partial charge in [0.15, 0.2) is 9.84 Å². The van der Waals surface area contributed by atoms with Gasteiger partial charge in [-0.1, -0.05) is 11.6 Å². The molecule has 0 spiro atoms. The number of hydrogen-bond acceptors (Lipinski definition) is 5. The normalized spacial score (nSPS) is 22.1. The Kier molecular flexibility index (Phi) is 5.48. The molecule has 2 N–H and O–H groups in total. The summed E-state index contributed by atoms with van der Waals surface area (Å²) in [5.41, 5.74) is 0.915. The summed E-state index contributed by atoms with van der Waals surface area (Å²) in [5, 5.41) is 13.6. The average Bonchev–Trinajstić information content (AvgIpc) is 2.77. The van der Waals surface area contributed by atoms with E-state index in [2.05, 4.69) is 5.32 Å². The Morgan fingerprint density at radius 2 is 2.29 bits per heavy atom. The Hall–Kier alpha value is -0.820. The van der Waals surface area contributed by atoms with E-state index in [1.165, 1.54) is 0 Å². The monoisotopic (exact) mass is 333 g/mol. The first-order valence-electron chi connectivity index (χ1n) is 6.86. The molecule has 0 saturated carbocycles. The van der Waals surface area contributed by atoms with Crippen molar-refractivity contribution in [3.05, 3.63) is 28.8 Å². The molecule has 2 unspecified atom stereocenters. The fraction of sp³-hybridized carbons (Fsp3) is 0.571. The summed E-state index contributed by atoms with van der Waals surface area (Å²) in [6, 6.07) is 5.24. The largest absolute Gasteiger partial charge is 0.491 e. The van der Waals surface area contributed by atoms with Crippen LogP contribution >= 0.6 is 11.6 Å². The predicted molar refractivity (Wildman–Crippen MR) is 82.8 cm³/mol. The minimum atomic E-state index is -2.90. The lowest BCUT2D eigenvalue weighted by molar-refractivity contribution is 0.104. The minimum Gasteiger partial charge on any atom is -0.491 e. The maximum Gasteiger partial charge on any atom is 0.151 e. The van der Waals surface area contributed by atoms with Gasteiger partial charge in [0.05, 0.1) is 11.5 Å². The molecule has 5 nitrogen and oxygen atoms in total. The smallest absolute Gasteiger partial charge is 0.151 e. The molecule has 7 heteroatoms. The molecular formula is C14H20ClNO4S. The van der Waals surface area contributed by atoms with Crippen LogP contribution in [0.4, 0.5) is 0 Å². The van der Waals surface area contributed by atoms with Crippen LogP contribution in [-0.2, 0) is 9.84 Å². The van der Waals surface area contributed by atoms with Crippen LogP contribution in [0.25, 0.3) is 0 Å². The van der Waals surface area contributed by atoms with Gasteiger partial charge in [-0.3, -0.25) is 0 Å². The van der Waals surface area contributed by atoms with Crippen molar-refractivity contribution in [2.24, 2.45) is 0 Å². The third kappa shape index (κ3) is 5.14. The number of nitrogens with one attached hydrogen (secondary N) is 1. The number of sulfone groups is 1. The third-order valence-electron chi connectivity index (χ3n) is 3.45. The summed E-state index contributed by atoms with van der Waals surface area (Å²) in [7, 11) is -2.90. The first-order valence-corrected chi connectivity index (χ1v) is 9.06. The van der Waals surface area contributed by atoms with Crippen molar-refractivity contribution < 1.29 is 18.3 Å². The van der Waals surface area contributed by atoms with Crippen molar-refractivity contribution in [1.82, 2.24) is 5.32 Å². The van der Waals surface area contributed by atoms with Crippen LogP contribution in [0.3, 0.4) is 0 Å². The molecule has 2 atom stereocenters. The van der Waals surface area contributed by atoms with Crippen molar-refractivity contribution in [1.29, 1.82) is 0 Å². The highest BCUT2D eigenvalue weighted by molar-refractivity contribution is 7.91. The summed E-state index contributed by atoms with van der Waals surface area (Å²) in [5.74, 6) is 1.03. The number of aliphatic hydroxyl groups is 1. The molecule has 1 aromatic carbocycles. The van der Waals surface area contributed by atoms with Crippen molar-refractivity contribution in [2.45, 2.75) is 25.5 Å². The molecule has 1 aliphatic rings. The standard InChI is InChI=1S/C14H20ClNO4S/c1-10-6-13(2-3-14(10)15)20-8-12(17)7-16-11-4-5-21(18,19)9-11/h2-3,6,11-12,16-17H,4-5,7-9H2,1H3. The van der Waals surface area contributed by atoms with Gasteiger partial charge in [0, 0.05) is 17.6 Å². The first-order chi connectivity index (χ1) is 9.85. The molecule has 1 heterocycles. The molecule has 1 aromatic rings. The van der Waals surface area contributed by atoms with Crippen molar-refractivity contribution in [3.8, 4) is 5.75 Å². The van der Waals surface area contributed by atoms with Crippen LogP contribution in [0.5, 0.6) is 5.75 Å².